The quantitative estimate of drug-likeness (QED) is 0.788. The fraction of sp³-hybridized carbons (Fsp3) is 0.529. The number of furan rings is 1. The van der Waals surface area contributed by atoms with E-state index in [1.165, 1.54) is 12.5 Å². The van der Waals surface area contributed by atoms with Crippen molar-refractivity contribution < 1.29 is 14.0 Å². The zero-order valence-electron chi connectivity index (χ0n) is 12.7. The van der Waals surface area contributed by atoms with E-state index in [9.17, 15) is 9.59 Å². The maximum atomic E-state index is 12.6. The van der Waals surface area contributed by atoms with Gasteiger partial charge in [0.05, 0.1) is 11.8 Å². The Morgan fingerprint density at radius 1 is 1.09 bits per heavy atom. The third kappa shape index (κ3) is 3.24. The molecule has 0 N–H and O–H groups in total. The normalized spacial score (nSPS) is 22.5. The van der Waals surface area contributed by atoms with Crippen molar-refractivity contribution in [3.8, 4) is 0 Å². The SMILES string of the molecule is O=C(c1ccoc1)N1CCCN(C(=O)C2CC=CCC2)CC1. The molecular formula is C17H22N2O3. The molecule has 3 rings (SSSR count). The molecule has 0 saturated carbocycles. The predicted molar refractivity (Wildman–Crippen MR) is 82.3 cm³/mol. The van der Waals surface area contributed by atoms with Crippen LogP contribution in [0.1, 0.15) is 36.0 Å². The van der Waals surface area contributed by atoms with Crippen LogP contribution in [0.25, 0.3) is 0 Å². The third-order valence-electron chi connectivity index (χ3n) is 4.48. The summed E-state index contributed by atoms with van der Waals surface area (Å²) in [6.45, 7) is 2.66. The van der Waals surface area contributed by atoms with Gasteiger partial charge in [-0.1, -0.05) is 12.2 Å². The Kier molecular flexibility index (Phi) is 4.61. The minimum absolute atomic E-state index is 0.0105. The predicted octanol–water partition coefficient (Wildman–Crippen LogP) is 2.31. The van der Waals surface area contributed by atoms with Crippen LogP contribution in [-0.4, -0.2) is 47.8 Å². The maximum Gasteiger partial charge on any atom is 0.257 e. The van der Waals surface area contributed by atoms with Gasteiger partial charge < -0.3 is 14.2 Å². The lowest BCUT2D eigenvalue weighted by Gasteiger charge is -2.27. The average molecular weight is 302 g/mol. The highest BCUT2D eigenvalue weighted by Gasteiger charge is 2.27. The number of carbonyl (C=O) groups is 2. The number of allylic oxidation sites excluding steroid dienone is 2. The summed E-state index contributed by atoms with van der Waals surface area (Å²) in [5.74, 6) is 0.367. The van der Waals surface area contributed by atoms with Gasteiger partial charge in [0.15, 0.2) is 0 Å². The number of hydrogen-bond donors (Lipinski definition) is 0. The summed E-state index contributed by atoms with van der Waals surface area (Å²) in [6.07, 6.45) is 10.9. The zero-order valence-corrected chi connectivity index (χ0v) is 12.7. The smallest absolute Gasteiger partial charge is 0.257 e. The molecule has 1 saturated heterocycles. The molecule has 5 heteroatoms. The van der Waals surface area contributed by atoms with Crippen LogP contribution in [-0.2, 0) is 4.79 Å². The zero-order chi connectivity index (χ0) is 15.4. The van der Waals surface area contributed by atoms with Gasteiger partial charge in [-0.2, -0.15) is 0 Å². The summed E-state index contributed by atoms with van der Waals surface area (Å²) < 4.78 is 4.98. The summed E-state index contributed by atoms with van der Waals surface area (Å²) in [6, 6.07) is 1.69. The molecule has 1 aromatic rings. The van der Waals surface area contributed by atoms with Crippen molar-refractivity contribution in [3.63, 3.8) is 0 Å². The van der Waals surface area contributed by atoms with Crippen molar-refractivity contribution >= 4 is 11.8 Å². The Labute approximate surface area is 130 Å². The van der Waals surface area contributed by atoms with Crippen LogP contribution in [0.5, 0.6) is 0 Å². The number of hydrogen-bond acceptors (Lipinski definition) is 3. The molecule has 1 fully saturated rings. The summed E-state index contributed by atoms with van der Waals surface area (Å²) in [7, 11) is 0. The molecule has 0 radical (unpaired) electrons. The minimum Gasteiger partial charge on any atom is -0.472 e. The van der Waals surface area contributed by atoms with Crippen LogP contribution in [0.2, 0.25) is 0 Å². The Bertz CT molecular complexity index is 550. The van der Waals surface area contributed by atoms with Gasteiger partial charge in [-0.3, -0.25) is 9.59 Å². The second kappa shape index (κ2) is 6.81. The number of rotatable bonds is 2. The molecule has 1 unspecified atom stereocenters. The van der Waals surface area contributed by atoms with Crippen molar-refractivity contribution in [1.29, 1.82) is 0 Å². The molecule has 0 bridgehead atoms. The van der Waals surface area contributed by atoms with Crippen molar-refractivity contribution in [2.75, 3.05) is 26.2 Å². The van der Waals surface area contributed by atoms with Crippen LogP contribution in [0.15, 0.2) is 35.2 Å². The van der Waals surface area contributed by atoms with E-state index in [0.717, 1.165) is 32.2 Å². The lowest BCUT2D eigenvalue weighted by Crippen LogP contribution is -2.40. The number of amides is 2. The van der Waals surface area contributed by atoms with E-state index in [4.69, 9.17) is 4.42 Å². The first-order chi connectivity index (χ1) is 10.8. The molecule has 0 spiro atoms. The first kappa shape index (κ1) is 14.9. The Morgan fingerprint density at radius 2 is 1.91 bits per heavy atom. The van der Waals surface area contributed by atoms with Crippen molar-refractivity contribution in [1.82, 2.24) is 9.80 Å². The van der Waals surface area contributed by atoms with E-state index in [2.05, 4.69) is 12.2 Å². The lowest BCUT2D eigenvalue weighted by molar-refractivity contribution is -0.135. The Morgan fingerprint density at radius 3 is 2.64 bits per heavy atom. The van der Waals surface area contributed by atoms with E-state index >= 15 is 0 Å². The first-order valence-corrected chi connectivity index (χ1v) is 8.01. The van der Waals surface area contributed by atoms with E-state index in [1.807, 2.05) is 9.80 Å². The van der Waals surface area contributed by atoms with E-state index < -0.39 is 0 Å². The van der Waals surface area contributed by atoms with E-state index in [0.29, 0.717) is 25.2 Å². The van der Waals surface area contributed by atoms with Gasteiger partial charge in [0, 0.05) is 32.1 Å². The lowest BCUT2D eigenvalue weighted by atomic mass is 9.93. The summed E-state index contributed by atoms with van der Waals surface area (Å²) in [5.41, 5.74) is 0.581. The maximum absolute atomic E-state index is 12.6. The fourth-order valence-corrected chi connectivity index (χ4v) is 3.19. The molecular weight excluding hydrogens is 280 g/mol. The molecule has 5 nitrogen and oxygen atoms in total. The molecule has 2 heterocycles. The van der Waals surface area contributed by atoms with Gasteiger partial charge in [0.2, 0.25) is 5.91 Å². The van der Waals surface area contributed by atoms with Crippen LogP contribution in [0, 0.1) is 5.92 Å². The van der Waals surface area contributed by atoms with E-state index in [-0.39, 0.29) is 17.7 Å². The van der Waals surface area contributed by atoms with Crippen molar-refractivity contribution in [2.24, 2.45) is 5.92 Å². The van der Waals surface area contributed by atoms with Crippen LogP contribution in [0.3, 0.4) is 0 Å². The van der Waals surface area contributed by atoms with Crippen LogP contribution in [0.4, 0.5) is 0 Å². The van der Waals surface area contributed by atoms with Gasteiger partial charge in [-0.05, 0) is 31.7 Å². The highest BCUT2D eigenvalue weighted by molar-refractivity contribution is 5.93. The van der Waals surface area contributed by atoms with Crippen molar-refractivity contribution in [3.05, 3.63) is 36.3 Å². The largest absolute Gasteiger partial charge is 0.472 e. The number of carbonyl (C=O) groups excluding carboxylic acids is 2. The van der Waals surface area contributed by atoms with Crippen LogP contribution < -0.4 is 0 Å². The molecule has 2 amide bonds. The molecule has 22 heavy (non-hydrogen) atoms. The molecule has 1 aromatic heterocycles. The Hall–Kier alpha value is -2.04. The monoisotopic (exact) mass is 302 g/mol. The van der Waals surface area contributed by atoms with Gasteiger partial charge in [0.1, 0.15) is 6.26 Å². The number of nitrogens with zero attached hydrogens (tertiary/aromatic N) is 2. The summed E-state index contributed by atoms with van der Waals surface area (Å²) in [4.78, 5) is 28.7. The minimum atomic E-state index is -0.0105. The second-order valence-corrected chi connectivity index (χ2v) is 5.96. The third-order valence-corrected chi connectivity index (χ3v) is 4.48. The molecule has 1 atom stereocenters. The average Bonchev–Trinajstić information content (AvgIpc) is 2.99. The van der Waals surface area contributed by atoms with E-state index in [1.54, 1.807) is 6.07 Å². The van der Waals surface area contributed by atoms with Gasteiger partial charge in [-0.15, -0.1) is 0 Å². The summed E-state index contributed by atoms with van der Waals surface area (Å²) >= 11 is 0. The molecule has 118 valence electrons. The summed E-state index contributed by atoms with van der Waals surface area (Å²) in [5, 5.41) is 0. The molecule has 1 aliphatic heterocycles. The van der Waals surface area contributed by atoms with Crippen LogP contribution >= 0.6 is 0 Å². The fourth-order valence-electron chi connectivity index (χ4n) is 3.19. The Balaban J connectivity index is 1.59. The highest BCUT2D eigenvalue weighted by Crippen LogP contribution is 2.21. The topological polar surface area (TPSA) is 53.8 Å². The van der Waals surface area contributed by atoms with Gasteiger partial charge >= 0.3 is 0 Å². The molecule has 1 aliphatic carbocycles. The van der Waals surface area contributed by atoms with Crippen molar-refractivity contribution in [2.45, 2.75) is 25.7 Å². The second-order valence-electron chi connectivity index (χ2n) is 5.96. The first-order valence-electron chi connectivity index (χ1n) is 8.01. The molecule has 2 aliphatic rings. The van der Waals surface area contributed by atoms with Gasteiger partial charge in [-0.25, -0.2) is 0 Å². The standard InChI is InChI=1S/C17H22N2O3/c20-16(14-5-2-1-3-6-14)18-8-4-9-19(11-10-18)17(21)15-7-12-22-13-15/h1-2,7,12-14H,3-6,8-11H2. The molecule has 0 aromatic carbocycles. The highest BCUT2D eigenvalue weighted by atomic mass is 16.3. The van der Waals surface area contributed by atoms with Gasteiger partial charge in [0.25, 0.3) is 5.91 Å².